The molecule has 1 fully saturated rings. The average Bonchev–Trinajstić information content (AvgIpc) is 2.67. The Morgan fingerprint density at radius 2 is 1.89 bits per heavy atom. The number of ether oxygens (including phenoxy) is 1. The van der Waals surface area contributed by atoms with Crippen molar-refractivity contribution in [3.05, 3.63) is 29.3 Å². The second-order valence-corrected chi connectivity index (χ2v) is 8.97. The lowest BCUT2D eigenvalue weighted by Gasteiger charge is -2.32. The molecule has 0 aliphatic carbocycles. The lowest BCUT2D eigenvalue weighted by Crippen LogP contribution is -2.42. The molecule has 156 valence electrons. The quantitative estimate of drug-likeness (QED) is 0.645. The topological polar surface area (TPSA) is 84.0 Å². The van der Waals surface area contributed by atoms with Gasteiger partial charge in [0, 0.05) is 25.7 Å². The molecule has 8 heteroatoms. The Balaban J connectivity index is 2.20. The van der Waals surface area contributed by atoms with Crippen LogP contribution in [0.15, 0.2) is 23.1 Å². The van der Waals surface area contributed by atoms with Gasteiger partial charge in [-0.3, -0.25) is 4.79 Å². The van der Waals surface area contributed by atoms with Crippen molar-refractivity contribution in [2.75, 3.05) is 26.2 Å². The SMILES string of the molecule is CCN(CC)C(=O)COC(=O)c1cc(S(=O)(=O)N2CCCCC2C)ccc1C. The van der Waals surface area contributed by atoms with Gasteiger partial charge in [-0.15, -0.1) is 0 Å². The average molecular weight is 411 g/mol. The summed E-state index contributed by atoms with van der Waals surface area (Å²) in [4.78, 5) is 26.2. The van der Waals surface area contributed by atoms with Gasteiger partial charge in [0.2, 0.25) is 10.0 Å². The fourth-order valence-corrected chi connectivity index (χ4v) is 5.14. The van der Waals surface area contributed by atoms with E-state index in [1.807, 2.05) is 20.8 Å². The van der Waals surface area contributed by atoms with Crippen LogP contribution in [-0.2, 0) is 19.6 Å². The molecule has 1 heterocycles. The number of hydrogen-bond acceptors (Lipinski definition) is 5. The highest BCUT2D eigenvalue weighted by atomic mass is 32.2. The maximum atomic E-state index is 13.0. The summed E-state index contributed by atoms with van der Waals surface area (Å²) in [5, 5.41) is 0. The standard InChI is InChI=1S/C20H30N2O5S/c1-5-21(6-2)19(23)14-27-20(24)18-13-17(11-10-15(18)3)28(25,26)22-12-8-7-9-16(22)4/h10-11,13,16H,5-9,12,14H2,1-4H3. The van der Waals surface area contributed by atoms with Crippen molar-refractivity contribution in [1.82, 2.24) is 9.21 Å². The van der Waals surface area contributed by atoms with Gasteiger partial charge in [0.25, 0.3) is 5.91 Å². The Kier molecular flexibility index (Phi) is 7.60. The van der Waals surface area contributed by atoms with Crippen molar-refractivity contribution < 1.29 is 22.7 Å². The van der Waals surface area contributed by atoms with Crippen molar-refractivity contribution in [1.29, 1.82) is 0 Å². The molecule has 1 unspecified atom stereocenters. The smallest absolute Gasteiger partial charge is 0.338 e. The van der Waals surface area contributed by atoms with E-state index < -0.39 is 16.0 Å². The van der Waals surface area contributed by atoms with E-state index in [1.165, 1.54) is 16.4 Å². The van der Waals surface area contributed by atoms with Gasteiger partial charge in [-0.25, -0.2) is 13.2 Å². The van der Waals surface area contributed by atoms with Crippen LogP contribution in [0.1, 0.15) is 56.0 Å². The third-order valence-corrected chi connectivity index (χ3v) is 7.23. The minimum absolute atomic E-state index is 0.0675. The number of piperidine rings is 1. The molecule has 0 radical (unpaired) electrons. The fourth-order valence-electron chi connectivity index (χ4n) is 3.42. The summed E-state index contributed by atoms with van der Waals surface area (Å²) in [5.41, 5.74) is 0.768. The van der Waals surface area contributed by atoms with Gasteiger partial charge in [-0.2, -0.15) is 4.31 Å². The van der Waals surface area contributed by atoms with Gasteiger partial charge in [-0.1, -0.05) is 12.5 Å². The number of carbonyl (C=O) groups excluding carboxylic acids is 2. The number of benzene rings is 1. The monoisotopic (exact) mass is 410 g/mol. The van der Waals surface area contributed by atoms with E-state index in [1.54, 1.807) is 17.9 Å². The summed E-state index contributed by atoms with van der Waals surface area (Å²) in [6, 6.07) is 4.41. The molecule has 0 saturated carbocycles. The number of nitrogens with zero attached hydrogens (tertiary/aromatic N) is 2. The lowest BCUT2D eigenvalue weighted by atomic mass is 10.1. The van der Waals surface area contributed by atoms with Crippen LogP contribution in [0.2, 0.25) is 0 Å². The first-order chi connectivity index (χ1) is 13.2. The number of amides is 1. The van der Waals surface area contributed by atoms with Crippen LogP contribution in [0.4, 0.5) is 0 Å². The fraction of sp³-hybridized carbons (Fsp3) is 0.600. The molecule has 0 N–H and O–H groups in total. The van der Waals surface area contributed by atoms with E-state index in [0.717, 1.165) is 19.3 Å². The predicted octanol–water partition coefficient (Wildman–Crippen LogP) is 2.58. The number of rotatable bonds is 7. The summed E-state index contributed by atoms with van der Waals surface area (Å²) in [6.07, 6.45) is 2.67. The maximum absolute atomic E-state index is 13.0. The van der Waals surface area contributed by atoms with Crippen LogP contribution in [-0.4, -0.2) is 61.8 Å². The number of esters is 1. The van der Waals surface area contributed by atoms with Crippen LogP contribution >= 0.6 is 0 Å². The Hall–Kier alpha value is -1.93. The Labute approximate surface area is 167 Å². The van der Waals surface area contributed by atoms with Gasteiger partial charge < -0.3 is 9.64 Å². The number of carbonyl (C=O) groups is 2. The van der Waals surface area contributed by atoms with Crippen LogP contribution in [0.25, 0.3) is 0 Å². The third-order valence-electron chi connectivity index (χ3n) is 5.22. The molecule has 1 saturated heterocycles. The van der Waals surface area contributed by atoms with E-state index in [2.05, 4.69) is 0 Å². The first-order valence-corrected chi connectivity index (χ1v) is 11.2. The molecular formula is C20H30N2O5S. The first kappa shape index (κ1) is 22.4. The first-order valence-electron chi connectivity index (χ1n) is 9.79. The molecule has 1 atom stereocenters. The van der Waals surface area contributed by atoms with Crippen molar-refractivity contribution in [2.45, 2.75) is 57.9 Å². The summed E-state index contributed by atoms with van der Waals surface area (Å²) in [5.74, 6) is -0.969. The number of likely N-dealkylation sites (N-methyl/N-ethyl adjacent to an activating group) is 1. The largest absolute Gasteiger partial charge is 0.452 e. The zero-order valence-corrected chi connectivity index (χ0v) is 17.9. The molecule has 0 aromatic heterocycles. The van der Waals surface area contributed by atoms with Crippen molar-refractivity contribution in [3.63, 3.8) is 0 Å². The van der Waals surface area contributed by atoms with Gasteiger partial charge in [0.1, 0.15) is 0 Å². The molecule has 1 aromatic carbocycles. The summed E-state index contributed by atoms with van der Waals surface area (Å²) < 4.78 is 32.7. The second kappa shape index (κ2) is 9.52. The highest BCUT2D eigenvalue weighted by Gasteiger charge is 2.31. The lowest BCUT2D eigenvalue weighted by molar-refractivity contribution is -0.134. The van der Waals surface area contributed by atoms with Crippen LogP contribution < -0.4 is 0 Å². The zero-order chi connectivity index (χ0) is 20.9. The minimum atomic E-state index is -3.69. The molecular weight excluding hydrogens is 380 g/mol. The Bertz CT molecular complexity index is 818. The molecule has 0 spiro atoms. The molecule has 2 rings (SSSR count). The van der Waals surface area contributed by atoms with Crippen molar-refractivity contribution in [3.8, 4) is 0 Å². The van der Waals surface area contributed by atoms with Gasteiger partial charge in [0.05, 0.1) is 10.5 Å². The van der Waals surface area contributed by atoms with Crippen LogP contribution in [0.5, 0.6) is 0 Å². The highest BCUT2D eigenvalue weighted by molar-refractivity contribution is 7.89. The molecule has 1 amide bonds. The Morgan fingerprint density at radius 3 is 2.50 bits per heavy atom. The molecule has 28 heavy (non-hydrogen) atoms. The molecule has 0 bridgehead atoms. The number of sulfonamides is 1. The highest BCUT2D eigenvalue weighted by Crippen LogP contribution is 2.26. The molecule has 1 aromatic rings. The van der Waals surface area contributed by atoms with E-state index in [9.17, 15) is 18.0 Å². The van der Waals surface area contributed by atoms with E-state index >= 15 is 0 Å². The van der Waals surface area contributed by atoms with Gasteiger partial charge in [0.15, 0.2) is 6.61 Å². The normalized spacial score (nSPS) is 17.9. The Morgan fingerprint density at radius 1 is 1.21 bits per heavy atom. The number of hydrogen-bond donors (Lipinski definition) is 0. The van der Waals surface area contributed by atoms with E-state index in [-0.39, 0.29) is 29.0 Å². The van der Waals surface area contributed by atoms with Crippen LogP contribution in [0.3, 0.4) is 0 Å². The van der Waals surface area contributed by atoms with Crippen molar-refractivity contribution in [2.24, 2.45) is 0 Å². The number of aryl methyl sites for hydroxylation is 1. The minimum Gasteiger partial charge on any atom is -0.452 e. The molecule has 7 nitrogen and oxygen atoms in total. The third kappa shape index (κ3) is 4.91. The predicted molar refractivity (Wildman–Crippen MR) is 107 cm³/mol. The summed E-state index contributed by atoms with van der Waals surface area (Å²) >= 11 is 0. The molecule has 1 aliphatic rings. The van der Waals surface area contributed by atoms with Crippen molar-refractivity contribution >= 4 is 21.9 Å². The summed E-state index contributed by atoms with van der Waals surface area (Å²) in [7, 11) is -3.69. The summed E-state index contributed by atoms with van der Waals surface area (Å²) in [6.45, 7) is 8.51. The zero-order valence-electron chi connectivity index (χ0n) is 17.1. The van der Waals surface area contributed by atoms with Crippen LogP contribution in [0, 0.1) is 6.92 Å². The van der Waals surface area contributed by atoms with E-state index in [0.29, 0.717) is 25.2 Å². The molecule has 1 aliphatic heterocycles. The van der Waals surface area contributed by atoms with Gasteiger partial charge in [-0.05, 0) is 58.2 Å². The van der Waals surface area contributed by atoms with E-state index in [4.69, 9.17) is 4.74 Å². The van der Waals surface area contributed by atoms with Gasteiger partial charge >= 0.3 is 5.97 Å². The second-order valence-electron chi connectivity index (χ2n) is 7.08. The maximum Gasteiger partial charge on any atom is 0.338 e.